The summed E-state index contributed by atoms with van der Waals surface area (Å²) in [6.07, 6.45) is 1.07. The zero-order chi connectivity index (χ0) is 17.2. The number of methoxy groups -OCH3 is 1. The van der Waals surface area contributed by atoms with Crippen molar-refractivity contribution in [1.29, 1.82) is 0 Å². The second kappa shape index (κ2) is 11.3. The maximum absolute atomic E-state index is 12.0. The molecule has 0 unspecified atom stereocenters. The Kier molecular flexibility index (Phi) is 9.43. The van der Waals surface area contributed by atoms with E-state index in [0.717, 1.165) is 22.6 Å². The van der Waals surface area contributed by atoms with Crippen molar-refractivity contribution in [2.75, 3.05) is 26.1 Å². The molecule has 136 valence electrons. The van der Waals surface area contributed by atoms with Crippen LogP contribution >= 0.6 is 12.4 Å². The highest BCUT2D eigenvalue weighted by Crippen LogP contribution is 2.13. The maximum atomic E-state index is 12.0. The number of rotatable bonds is 9. The van der Waals surface area contributed by atoms with E-state index in [0.29, 0.717) is 32.6 Å². The molecule has 0 fully saturated rings. The standard InChI is InChI=1S/C19H24N2O3.ClH/c1-23-12-13-24-17-9-6-15(7-10-17)14-21-19(22)11-8-16-4-2-3-5-18(16)20;/h2-7,9-10H,8,11-14,20H2,1H3,(H,21,22);1H. The van der Waals surface area contributed by atoms with E-state index in [-0.39, 0.29) is 18.3 Å². The molecule has 0 radical (unpaired) electrons. The fourth-order valence-corrected chi connectivity index (χ4v) is 2.25. The summed E-state index contributed by atoms with van der Waals surface area (Å²) < 4.78 is 10.4. The van der Waals surface area contributed by atoms with E-state index in [1.807, 2.05) is 48.5 Å². The van der Waals surface area contributed by atoms with Crippen molar-refractivity contribution in [3.63, 3.8) is 0 Å². The van der Waals surface area contributed by atoms with Gasteiger partial charge in [0.1, 0.15) is 12.4 Å². The van der Waals surface area contributed by atoms with Crippen LogP contribution in [0.1, 0.15) is 17.5 Å². The normalized spacial score (nSPS) is 9.96. The Bertz CT molecular complexity index is 647. The van der Waals surface area contributed by atoms with Crippen molar-refractivity contribution in [1.82, 2.24) is 5.32 Å². The Hall–Kier alpha value is -2.24. The molecule has 2 rings (SSSR count). The molecule has 0 saturated carbocycles. The first-order chi connectivity index (χ1) is 11.7. The largest absolute Gasteiger partial charge is 0.491 e. The minimum absolute atomic E-state index is 0. The molecule has 3 N–H and O–H groups in total. The van der Waals surface area contributed by atoms with Gasteiger partial charge in [0.05, 0.1) is 6.61 Å². The Labute approximate surface area is 154 Å². The lowest BCUT2D eigenvalue weighted by molar-refractivity contribution is -0.121. The van der Waals surface area contributed by atoms with Crippen LogP contribution in [-0.2, 0) is 22.5 Å². The monoisotopic (exact) mass is 364 g/mol. The van der Waals surface area contributed by atoms with Crippen LogP contribution in [0.2, 0.25) is 0 Å². The van der Waals surface area contributed by atoms with Crippen molar-refractivity contribution in [2.45, 2.75) is 19.4 Å². The van der Waals surface area contributed by atoms with Gasteiger partial charge in [-0.25, -0.2) is 0 Å². The number of halogens is 1. The van der Waals surface area contributed by atoms with E-state index in [9.17, 15) is 4.79 Å². The predicted octanol–water partition coefficient (Wildman–Crippen LogP) is 2.96. The van der Waals surface area contributed by atoms with Gasteiger partial charge >= 0.3 is 0 Å². The summed E-state index contributed by atoms with van der Waals surface area (Å²) in [6.45, 7) is 1.58. The van der Waals surface area contributed by atoms with Crippen LogP contribution < -0.4 is 15.8 Å². The van der Waals surface area contributed by atoms with Gasteiger partial charge in [0.25, 0.3) is 0 Å². The van der Waals surface area contributed by atoms with Gasteiger partial charge in [-0.2, -0.15) is 0 Å². The minimum Gasteiger partial charge on any atom is -0.491 e. The zero-order valence-corrected chi connectivity index (χ0v) is 15.2. The zero-order valence-electron chi connectivity index (χ0n) is 14.4. The Morgan fingerprint density at radius 2 is 1.80 bits per heavy atom. The van der Waals surface area contributed by atoms with Crippen LogP contribution in [-0.4, -0.2) is 26.2 Å². The number of anilines is 1. The summed E-state index contributed by atoms with van der Waals surface area (Å²) in [6, 6.07) is 15.3. The number of hydrogen-bond donors (Lipinski definition) is 2. The number of nitrogens with two attached hydrogens (primary N) is 1. The van der Waals surface area contributed by atoms with Crippen LogP contribution in [0.25, 0.3) is 0 Å². The van der Waals surface area contributed by atoms with Gasteiger partial charge in [-0.15, -0.1) is 12.4 Å². The Morgan fingerprint density at radius 1 is 1.08 bits per heavy atom. The fraction of sp³-hybridized carbons (Fsp3) is 0.316. The number of aryl methyl sites for hydroxylation is 1. The van der Waals surface area contributed by atoms with E-state index in [1.165, 1.54) is 0 Å². The number of nitrogens with one attached hydrogen (secondary N) is 1. The molecule has 0 atom stereocenters. The third kappa shape index (κ3) is 7.45. The second-order valence-electron chi connectivity index (χ2n) is 5.46. The smallest absolute Gasteiger partial charge is 0.220 e. The highest BCUT2D eigenvalue weighted by Gasteiger charge is 2.04. The molecule has 0 heterocycles. The molecule has 2 aromatic rings. The molecule has 0 spiro atoms. The fourth-order valence-electron chi connectivity index (χ4n) is 2.25. The lowest BCUT2D eigenvalue weighted by atomic mass is 10.1. The molecule has 0 saturated heterocycles. The van der Waals surface area contributed by atoms with E-state index < -0.39 is 0 Å². The number of amides is 1. The molecule has 1 amide bonds. The van der Waals surface area contributed by atoms with Crippen LogP contribution in [0, 0.1) is 0 Å². The van der Waals surface area contributed by atoms with Gasteiger partial charge in [-0.3, -0.25) is 4.79 Å². The van der Waals surface area contributed by atoms with Crippen LogP contribution in [0.5, 0.6) is 5.75 Å². The van der Waals surface area contributed by atoms with E-state index in [4.69, 9.17) is 15.2 Å². The molecule has 0 aliphatic heterocycles. The van der Waals surface area contributed by atoms with Gasteiger partial charge in [-0.1, -0.05) is 30.3 Å². The topological polar surface area (TPSA) is 73.6 Å². The maximum Gasteiger partial charge on any atom is 0.220 e. The average molecular weight is 365 g/mol. The second-order valence-corrected chi connectivity index (χ2v) is 5.46. The Balaban J connectivity index is 0.00000312. The summed E-state index contributed by atoms with van der Waals surface area (Å²) in [5.74, 6) is 0.806. The summed E-state index contributed by atoms with van der Waals surface area (Å²) in [7, 11) is 1.64. The summed E-state index contributed by atoms with van der Waals surface area (Å²) in [4.78, 5) is 12.0. The SMILES string of the molecule is COCCOc1ccc(CNC(=O)CCc2ccccc2N)cc1.Cl. The molecule has 0 aliphatic carbocycles. The molecule has 25 heavy (non-hydrogen) atoms. The number of carbonyl (C=O) groups excluding carboxylic acids is 1. The van der Waals surface area contributed by atoms with Crippen LogP contribution in [0.4, 0.5) is 5.69 Å². The van der Waals surface area contributed by atoms with Gasteiger partial charge < -0.3 is 20.5 Å². The molecular formula is C19H25ClN2O3. The van der Waals surface area contributed by atoms with Gasteiger partial charge in [0.2, 0.25) is 5.91 Å². The molecule has 5 nitrogen and oxygen atoms in total. The summed E-state index contributed by atoms with van der Waals surface area (Å²) in [5, 5.41) is 2.92. The lowest BCUT2D eigenvalue weighted by Gasteiger charge is -2.08. The highest BCUT2D eigenvalue weighted by molar-refractivity contribution is 5.85. The summed E-state index contributed by atoms with van der Waals surface area (Å²) >= 11 is 0. The third-order valence-corrected chi connectivity index (χ3v) is 3.65. The van der Waals surface area contributed by atoms with E-state index in [1.54, 1.807) is 7.11 Å². The first kappa shape index (κ1) is 20.8. The quantitative estimate of drug-likeness (QED) is 0.530. The third-order valence-electron chi connectivity index (χ3n) is 3.65. The van der Waals surface area contributed by atoms with Crippen molar-refractivity contribution < 1.29 is 14.3 Å². The highest BCUT2D eigenvalue weighted by atomic mass is 35.5. The number of nitrogen functional groups attached to an aromatic ring is 1. The molecule has 2 aromatic carbocycles. The van der Waals surface area contributed by atoms with E-state index >= 15 is 0 Å². The first-order valence-electron chi connectivity index (χ1n) is 8.00. The van der Waals surface area contributed by atoms with Gasteiger partial charge in [-0.05, 0) is 35.7 Å². The molecule has 0 aliphatic rings. The number of ether oxygens (including phenoxy) is 2. The van der Waals surface area contributed by atoms with Gasteiger partial charge in [0.15, 0.2) is 0 Å². The van der Waals surface area contributed by atoms with Crippen LogP contribution in [0.15, 0.2) is 48.5 Å². The molecule has 0 aromatic heterocycles. The number of para-hydroxylation sites is 1. The van der Waals surface area contributed by atoms with E-state index in [2.05, 4.69) is 5.32 Å². The van der Waals surface area contributed by atoms with Crippen molar-refractivity contribution in [3.05, 3.63) is 59.7 Å². The minimum atomic E-state index is 0. The lowest BCUT2D eigenvalue weighted by Crippen LogP contribution is -2.23. The predicted molar refractivity (Wildman–Crippen MR) is 102 cm³/mol. The van der Waals surface area contributed by atoms with Crippen LogP contribution in [0.3, 0.4) is 0 Å². The molecule has 0 bridgehead atoms. The summed E-state index contributed by atoms with van der Waals surface area (Å²) in [5.41, 5.74) is 8.64. The number of hydrogen-bond acceptors (Lipinski definition) is 4. The molecular weight excluding hydrogens is 340 g/mol. The number of benzene rings is 2. The van der Waals surface area contributed by atoms with Gasteiger partial charge in [0, 0.05) is 25.8 Å². The average Bonchev–Trinajstić information content (AvgIpc) is 2.60. The van der Waals surface area contributed by atoms with Crippen molar-refractivity contribution >= 4 is 24.0 Å². The Morgan fingerprint density at radius 3 is 2.48 bits per heavy atom. The number of carbonyl (C=O) groups is 1. The van der Waals surface area contributed by atoms with Crippen molar-refractivity contribution in [2.24, 2.45) is 0 Å². The molecule has 6 heteroatoms. The first-order valence-corrected chi connectivity index (χ1v) is 8.00. The van der Waals surface area contributed by atoms with Crippen molar-refractivity contribution in [3.8, 4) is 5.75 Å².